The molecule has 3 N–H and O–H groups in total. The molecule has 1 heterocycles. The average Bonchev–Trinajstić information content (AvgIpc) is 2.98. The zero-order valence-corrected chi connectivity index (χ0v) is 17.9. The van der Waals surface area contributed by atoms with Crippen LogP contribution in [0.3, 0.4) is 0 Å². The molecule has 2 rings (SSSR count). The number of aromatic nitrogens is 1. The molecule has 5 nitrogen and oxygen atoms in total. The molecular formula is C17H22F3IN4OS. The molecule has 0 amide bonds. The quantitative estimate of drug-likeness (QED) is 0.237. The number of alkyl halides is 3. The Morgan fingerprint density at radius 3 is 2.56 bits per heavy atom. The lowest BCUT2D eigenvalue weighted by Gasteiger charge is -2.09. The van der Waals surface area contributed by atoms with Crippen molar-refractivity contribution in [2.75, 3.05) is 6.54 Å². The number of unbranched alkanes of at least 4 members (excludes halogenated alkanes) is 1. The third kappa shape index (κ3) is 9.80. The van der Waals surface area contributed by atoms with Crippen LogP contribution in [0.2, 0.25) is 0 Å². The highest BCUT2D eigenvalue weighted by atomic mass is 127. The van der Waals surface area contributed by atoms with Crippen LogP contribution in [0.15, 0.2) is 34.6 Å². The first-order chi connectivity index (χ1) is 12.3. The molecule has 27 heavy (non-hydrogen) atoms. The van der Waals surface area contributed by atoms with Gasteiger partial charge in [-0.1, -0.05) is 12.1 Å². The molecule has 0 aliphatic carbocycles. The summed E-state index contributed by atoms with van der Waals surface area (Å²) in [6.45, 7) is 2.97. The van der Waals surface area contributed by atoms with Crippen LogP contribution in [0.5, 0.6) is 5.75 Å². The molecule has 0 aliphatic heterocycles. The number of nitrogens with zero attached hydrogens (tertiary/aromatic N) is 2. The van der Waals surface area contributed by atoms with Crippen molar-refractivity contribution in [1.29, 1.82) is 0 Å². The van der Waals surface area contributed by atoms with E-state index in [9.17, 15) is 13.2 Å². The van der Waals surface area contributed by atoms with Gasteiger partial charge in [0.15, 0.2) is 5.96 Å². The van der Waals surface area contributed by atoms with Gasteiger partial charge in [-0.25, -0.2) is 9.98 Å². The molecule has 0 bridgehead atoms. The van der Waals surface area contributed by atoms with Crippen molar-refractivity contribution in [3.63, 3.8) is 0 Å². The highest BCUT2D eigenvalue weighted by Crippen LogP contribution is 2.22. The third-order valence-corrected chi connectivity index (χ3v) is 4.41. The lowest BCUT2D eigenvalue weighted by Crippen LogP contribution is -2.32. The van der Waals surface area contributed by atoms with Gasteiger partial charge in [-0.15, -0.1) is 48.5 Å². The monoisotopic (exact) mass is 514 g/mol. The van der Waals surface area contributed by atoms with Crippen LogP contribution in [-0.4, -0.2) is 23.9 Å². The molecule has 0 unspecified atom stereocenters. The molecule has 1 aromatic heterocycles. The Morgan fingerprint density at radius 2 is 1.96 bits per heavy atom. The van der Waals surface area contributed by atoms with Crippen molar-refractivity contribution in [2.45, 2.75) is 39.1 Å². The van der Waals surface area contributed by atoms with E-state index < -0.39 is 6.36 Å². The predicted molar refractivity (Wildman–Crippen MR) is 112 cm³/mol. The van der Waals surface area contributed by atoms with E-state index in [1.165, 1.54) is 24.3 Å². The van der Waals surface area contributed by atoms with Gasteiger partial charge in [-0.05, 0) is 43.9 Å². The van der Waals surface area contributed by atoms with E-state index in [2.05, 4.69) is 20.0 Å². The summed E-state index contributed by atoms with van der Waals surface area (Å²) in [5, 5.41) is 6.21. The summed E-state index contributed by atoms with van der Waals surface area (Å²) in [6.07, 6.45) is -1.79. The number of hydrogen-bond donors (Lipinski definition) is 2. The number of thiazole rings is 1. The second kappa shape index (κ2) is 11.3. The number of guanidine groups is 1. The Bertz CT molecular complexity index is 720. The summed E-state index contributed by atoms with van der Waals surface area (Å²) in [5.74, 6) is 0.0532. The minimum atomic E-state index is -4.69. The number of ether oxygens (including phenoxy) is 1. The minimum Gasteiger partial charge on any atom is -0.406 e. The second-order valence-electron chi connectivity index (χ2n) is 5.66. The Kier molecular flexibility index (Phi) is 9.84. The maximum absolute atomic E-state index is 12.1. The van der Waals surface area contributed by atoms with E-state index in [1.807, 2.05) is 12.3 Å². The van der Waals surface area contributed by atoms with Crippen LogP contribution in [0, 0.1) is 6.92 Å². The fourth-order valence-corrected chi connectivity index (χ4v) is 2.98. The number of rotatable bonds is 8. The topological polar surface area (TPSA) is 72.5 Å². The van der Waals surface area contributed by atoms with Crippen LogP contribution in [0.25, 0.3) is 0 Å². The van der Waals surface area contributed by atoms with Gasteiger partial charge in [0.2, 0.25) is 0 Å². The first-order valence-corrected chi connectivity index (χ1v) is 8.99. The molecule has 0 fully saturated rings. The number of nitrogens with one attached hydrogen (secondary N) is 1. The van der Waals surface area contributed by atoms with Crippen molar-refractivity contribution in [1.82, 2.24) is 10.3 Å². The van der Waals surface area contributed by atoms with Gasteiger partial charge >= 0.3 is 6.36 Å². The normalized spacial score (nSPS) is 11.8. The smallest absolute Gasteiger partial charge is 0.406 e. The molecule has 10 heteroatoms. The van der Waals surface area contributed by atoms with Gasteiger partial charge in [0.05, 0.1) is 11.6 Å². The molecule has 1 aromatic carbocycles. The minimum absolute atomic E-state index is 0. The number of hydrogen-bond acceptors (Lipinski definition) is 4. The predicted octanol–water partition coefficient (Wildman–Crippen LogP) is 4.40. The number of aliphatic imine (C=N–C) groups is 1. The van der Waals surface area contributed by atoms with E-state index in [1.54, 1.807) is 11.3 Å². The molecule has 2 aromatic rings. The standard InChI is InChI=1S/C17H21F3N4OS.HI/c1-12-11-26-15(24-12)4-2-3-9-22-16(21)23-10-13-5-7-14(8-6-13)25-17(18,19)20;/h5-8,11H,2-4,9-10H2,1H3,(H3,21,22,23);1H. The highest BCUT2D eigenvalue weighted by Gasteiger charge is 2.30. The van der Waals surface area contributed by atoms with E-state index in [-0.39, 0.29) is 36.3 Å². The molecule has 0 saturated carbocycles. The van der Waals surface area contributed by atoms with Gasteiger partial charge in [-0.2, -0.15) is 0 Å². The molecule has 0 saturated heterocycles. The number of halogens is 4. The van der Waals surface area contributed by atoms with Gasteiger partial charge in [0.1, 0.15) is 5.75 Å². The second-order valence-corrected chi connectivity index (χ2v) is 6.60. The van der Waals surface area contributed by atoms with Crippen LogP contribution in [0.4, 0.5) is 13.2 Å². The Hall–Kier alpha value is -1.56. The number of nitrogens with two attached hydrogens (primary N) is 1. The van der Waals surface area contributed by atoms with Crippen molar-refractivity contribution in [3.8, 4) is 5.75 Å². The van der Waals surface area contributed by atoms with Crippen molar-refractivity contribution in [2.24, 2.45) is 10.7 Å². The van der Waals surface area contributed by atoms with Gasteiger partial charge in [0, 0.05) is 17.6 Å². The Labute approximate surface area is 177 Å². The Morgan fingerprint density at radius 1 is 1.26 bits per heavy atom. The number of aryl methyl sites for hydroxylation is 2. The van der Waals surface area contributed by atoms with Crippen molar-refractivity contribution in [3.05, 3.63) is 45.9 Å². The summed E-state index contributed by atoms with van der Waals surface area (Å²) in [7, 11) is 0. The van der Waals surface area contributed by atoms with Gasteiger partial charge < -0.3 is 15.8 Å². The average molecular weight is 514 g/mol. The Balaban J connectivity index is 0.00000364. The van der Waals surface area contributed by atoms with Crippen LogP contribution in [-0.2, 0) is 13.0 Å². The highest BCUT2D eigenvalue weighted by molar-refractivity contribution is 14.0. The van der Waals surface area contributed by atoms with E-state index >= 15 is 0 Å². The van der Waals surface area contributed by atoms with Crippen LogP contribution < -0.4 is 15.8 Å². The fourth-order valence-electron chi connectivity index (χ4n) is 2.16. The maximum Gasteiger partial charge on any atom is 0.573 e. The van der Waals surface area contributed by atoms with Crippen molar-refractivity contribution < 1.29 is 17.9 Å². The molecule has 150 valence electrons. The van der Waals surface area contributed by atoms with Crippen LogP contribution in [0.1, 0.15) is 29.1 Å². The van der Waals surface area contributed by atoms with Gasteiger partial charge in [-0.3, -0.25) is 0 Å². The largest absolute Gasteiger partial charge is 0.573 e. The van der Waals surface area contributed by atoms with E-state index in [0.29, 0.717) is 12.5 Å². The first kappa shape index (κ1) is 23.5. The lowest BCUT2D eigenvalue weighted by molar-refractivity contribution is -0.274. The first-order valence-electron chi connectivity index (χ1n) is 8.11. The molecule has 0 atom stereocenters. The third-order valence-electron chi connectivity index (χ3n) is 3.38. The van der Waals surface area contributed by atoms with E-state index in [4.69, 9.17) is 5.73 Å². The maximum atomic E-state index is 12.1. The summed E-state index contributed by atoms with van der Waals surface area (Å²) >= 11 is 1.67. The van der Waals surface area contributed by atoms with E-state index in [0.717, 1.165) is 35.5 Å². The summed E-state index contributed by atoms with van der Waals surface area (Å²) < 4.78 is 40.1. The lowest BCUT2D eigenvalue weighted by atomic mass is 10.2. The fraction of sp³-hybridized carbons (Fsp3) is 0.412. The summed E-state index contributed by atoms with van der Waals surface area (Å²) in [6, 6.07) is 5.55. The molecular weight excluding hydrogens is 492 g/mol. The van der Waals surface area contributed by atoms with Crippen LogP contribution >= 0.6 is 35.3 Å². The summed E-state index contributed by atoms with van der Waals surface area (Å²) in [5.41, 5.74) is 7.58. The molecule has 0 radical (unpaired) electrons. The SMILES string of the molecule is Cc1csc(CCCCNC(N)=NCc2ccc(OC(F)(F)F)cc2)n1.I. The molecule has 0 spiro atoms. The zero-order valence-electron chi connectivity index (χ0n) is 14.8. The van der Waals surface area contributed by atoms with Crippen molar-refractivity contribution >= 4 is 41.3 Å². The molecule has 0 aliphatic rings. The zero-order chi connectivity index (χ0) is 19.0. The van der Waals surface area contributed by atoms with Gasteiger partial charge in [0.25, 0.3) is 0 Å². The number of benzene rings is 1. The summed E-state index contributed by atoms with van der Waals surface area (Å²) in [4.78, 5) is 8.58.